The van der Waals surface area contributed by atoms with Crippen LogP contribution in [0.15, 0.2) is 66.4 Å². The van der Waals surface area contributed by atoms with Crippen LogP contribution in [0.1, 0.15) is 22.3 Å². The maximum absolute atomic E-state index is 6.09. The van der Waals surface area contributed by atoms with Crippen molar-refractivity contribution in [3.8, 4) is 0 Å². The third kappa shape index (κ3) is 5.84. The molecule has 0 saturated carbocycles. The van der Waals surface area contributed by atoms with E-state index < -0.39 is 0 Å². The normalized spacial score (nSPS) is 11.6. The van der Waals surface area contributed by atoms with Crippen LogP contribution in [0.2, 0.25) is 10.0 Å². The highest BCUT2D eigenvalue weighted by Crippen LogP contribution is 2.31. The topological polar surface area (TPSA) is 0 Å². The number of benzene rings is 3. The third-order valence-corrected chi connectivity index (χ3v) is 7.21. The summed E-state index contributed by atoms with van der Waals surface area (Å²) in [6, 6.07) is 15.6. The lowest BCUT2D eigenvalue weighted by atomic mass is 10.1. The monoisotopic (exact) mass is 662 g/mol. The quantitative estimate of drug-likeness (QED) is 0.243. The number of hydrogen-bond acceptors (Lipinski definition) is 0. The first-order valence-corrected chi connectivity index (χ1v) is 12.0. The Morgan fingerprint density at radius 2 is 0.786 bits per heavy atom. The van der Waals surface area contributed by atoms with Gasteiger partial charge in [-0.2, -0.15) is 0 Å². The molecule has 0 fully saturated rings. The van der Waals surface area contributed by atoms with Crippen molar-refractivity contribution in [2.75, 3.05) is 0 Å². The Morgan fingerprint density at radius 1 is 0.464 bits per heavy atom. The molecule has 6 heteroatoms. The van der Waals surface area contributed by atoms with Gasteiger partial charge in [-0.3, -0.25) is 0 Å². The first-order chi connectivity index (χ1) is 13.3. The van der Waals surface area contributed by atoms with Crippen LogP contribution in [-0.4, -0.2) is 0 Å². The molecule has 0 amide bonds. The molecule has 28 heavy (non-hydrogen) atoms. The largest absolute Gasteiger partial charge is 0.0843 e. The van der Waals surface area contributed by atoms with E-state index in [0.717, 1.165) is 40.1 Å². The maximum atomic E-state index is 6.09. The molecular weight excluding hydrogens is 655 g/mol. The second-order valence-corrected chi connectivity index (χ2v) is 10.2. The molecule has 0 radical (unpaired) electrons. The van der Waals surface area contributed by atoms with Crippen molar-refractivity contribution in [1.82, 2.24) is 0 Å². The molecule has 3 aromatic rings. The van der Waals surface area contributed by atoms with Gasteiger partial charge in [-0.05, 0) is 70.8 Å². The van der Waals surface area contributed by atoms with Gasteiger partial charge in [-0.15, -0.1) is 0 Å². The lowest BCUT2D eigenvalue weighted by molar-refractivity contribution is 1.52. The lowest BCUT2D eigenvalue weighted by Gasteiger charge is -2.06. The van der Waals surface area contributed by atoms with Crippen molar-refractivity contribution in [3.05, 3.63) is 98.7 Å². The van der Waals surface area contributed by atoms with Gasteiger partial charge >= 0.3 is 0 Å². The summed E-state index contributed by atoms with van der Waals surface area (Å²) in [4.78, 5) is 0. The van der Waals surface area contributed by atoms with E-state index in [9.17, 15) is 0 Å². The summed E-state index contributed by atoms with van der Waals surface area (Å²) in [5, 5.41) is 1.41. The van der Waals surface area contributed by atoms with Gasteiger partial charge in [-0.1, -0.05) is 111 Å². The maximum Gasteiger partial charge on any atom is 0.0412 e. The molecule has 0 N–H and O–H groups in total. The van der Waals surface area contributed by atoms with Crippen LogP contribution in [0.5, 0.6) is 0 Å². The van der Waals surface area contributed by atoms with E-state index in [1.165, 1.54) is 0 Å². The zero-order chi connectivity index (χ0) is 20.3. The fourth-order valence-electron chi connectivity index (χ4n) is 2.48. The van der Waals surface area contributed by atoms with Crippen molar-refractivity contribution in [2.45, 2.75) is 0 Å². The lowest BCUT2D eigenvalue weighted by Crippen LogP contribution is -1.83. The van der Waals surface area contributed by atoms with Crippen LogP contribution < -0.4 is 0 Å². The summed E-state index contributed by atoms with van der Waals surface area (Å²) >= 11 is 26.6. The molecule has 0 aliphatic heterocycles. The minimum Gasteiger partial charge on any atom is -0.0843 e. The van der Waals surface area contributed by atoms with E-state index >= 15 is 0 Å². The SMILES string of the molecule is Clc1ccc(Br)c(/C=C\c2cc(Br)c(/C=C\c3cc(Cl)ccc3Br)cc2Br)c1. The highest BCUT2D eigenvalue weighted by Gasteiger charge is 2.05. The van der Waals surface area contributed by atoms with Crippen LogP contribution >= 0.6 is 86.9 Å². The highest BCUT2D eigenvalue weighted by molar-refractivity contribution is 9.11. The molecule has 3 rings (SSSR count). The Balaban J connectivity index is 1.88. The van der Waals surface area contributed by atoms with Gasteiger partial charge < -0.3 is 0 Å². The summed E-state index contributed by atoms with van der Waals surface area (Å²) in [6.45, 7) is 0. The molecule has 0 spiro atoms. The summed E-state index contributed by atoms with van der Waals surface area (Å²) < 4.78 is 3.98. The molecule has 142 valence electrons. The molecule has 0 unspecified atom stereocenters. The van der Waals surface area contributed by atoms with Crippen molar-refractivity contribution in [2.24, 2.45) is 0 Å². The average Bonchev–Trinajstić information content (AvgIpc) is 2.66. The summed E-state index contributed by atoms with van der Waals surface area (Å²) in [6.07, 6.45) is 8.15. The fraction of sp³-hybridized carbons (Fsp3) is 0. The van der Waals surface area contributed by atoms with E-state index in [0.29, 0.717) is 10.0 Å². The summed E-state index contributed by atoms with van der Waals surface area (Å²) in [5.41, 5.74) is 4.15. The van der Waals surface area contributed by atoms with Gasteiger partial charge in [0, 0.05) is 27.9 Å². The van der Waals surface area contributed by atoms with Gasteiger partial charge in [0.1, 0.15) is 0 Å². The van der Waals surface area contributed by atoms with Crippen LogP contribution in [-0.2, 0) is 0 Å². The van der Waals surface area contributed by atoms with E-state index in [2.05, 4.69) is 75.9 Å². The second kappa shape index (κ2) is 10.1. The van der Waals surface area contributed by atoms with E-state index in [4.69, 9.17) is 23.2 Å². The third-order valence-electron chi connectivity index (χ3n) is 3.92. The zero-order valence-corrected chi connectivity index (χ0v) is 22.1. The smallest absolute Gasteiger partial charge is 0.0412 e. The number of hydrogen-bond donors (Lipinski definition) is 0. The predicted octanol–water partition coefficient (Wildman–Crippen LogP) is 10.4. The molecule has 0 aromatic heterocycles. The molecular formula is C22H12Br4Cl2. The summed E-state index contributed by atoms with van der Waals surface area (Å²) in [7, 11) is 0. The standard InChI is InChI=1S/C22H12Br4Cl2/c23-19-7-5-17(27)9-13(19)1-3-15-11-22(26)16(12-21(15)25)4-2-14-10-18(28)6-8-20(14)24/h1-12H/b3-1-,4-2-. The van der Waals surface area contributed by atoms with E-state index in [1.807, 2.05) is 60.7 Å². The Labute approximate surface area is 208 Å². The van der Waals surface area contributed by atoms with Crippen molar-refractivity contribution in [3.63, 3.8) is 0 Å². The average molecular weight is 667 g/mol. The highest BCUT2D eigenvalue weighted by atomic mass is 79.9. The molecule has 0 heterocycles. The molecule has 0 aliphatic carbocycles. The Bertz CT molecular complexity index is 1000. The van der Waals surface area contributed by atoms with E-state index in [1.54, 1.807) is 0 Å². The predicted molar refractivity (Wildman–Crippen MR) is 138 cm³/mol. The van der Waals surface area contributed by atoms with Crippen LogP contribution in [0.4, 0.5) is 0 Å². The molecule has 0 aliphatic rings. The zero-order valence-electron chi connectivity index (χ0n) is 14.2. The van der Waals surface area contributed by atoms with Gasteiger partial charge in [0.15, 0.2) is 0 Å². The van der Waals surface area contributed by atoms with Crippen LogP contribution in [0, 0.1) is 0 Å². The van der Waals surface area contributed by atoms with Gasteiger partial charge in [0.2, 0.25) is 0 Å². The first kappa shape index (κ1) is 22.3. The van der Waals surface area contributed by atoms with Crippen molar-refractivity contribution < 1.29 is 0 Å². The molecule has 3 aromatic carbocycles. The van der Waals surface area contributed by atoms with E-state index in [-0.39, 0.29) is 0 Å². The Morgan fingerprint density at radius 3 is 1.14 bits per heavy atom. The Hall–Kier alpha value is -0.360. The molecule has 0 nitrogen and oxygen atoms in total. The van der Waals surface area contributed by atoms with Crippen molar-refractivity contribution >= 4 is 111 Å². The van der Waals surface area contributed by atoms with Gasteiger partial charge in [0.25, 0.3) is 0 Å². The van der Waals surface area contributed by atoms with Crippen molar-refractivity contribution in [1.29, 1.82) is 0 Å². The Kier molecular flexibility index (Phi) is 8.05. The minimum absolute atomic E-state index is 0.704. The fourth-order valence-corrected chi connectivity index (χ4v) is 4.58. The summed E-state index contributed by atoms with van der Waals surface area (Å²) in [5.74, 6) is 0. The van der Waals surface area contributed by atoms with Gasteiger partial charge in [0.05, 0.1) is 0 Å². The van der Waals surface area contributed by atoms with Crippen LogP contribution in [0.25, 0.3) is 24.3 Å². The van der Waals surface area contributed by atoms with Gasteiger partial charge in [-0.25, -0.2) is 0 Å². The number of rotatable bonds is 4. The second-order valence-electron chi connectivity index (χ2n) is 5.89. The molecule has 0 atom stereocenters. The minimum atomic E-state index is 0.704. The molecule has 0 saturated heterocycles. The molecule has 0 bridgehead atoms. The number of halogens is 6. The first-order valence-electron chi connectivity index (χ1n) is 8.09. The van der Waals surface area contributed by atoms with Crippen LogP contribution in [0.3, 0.4) is 0 Å².